The fourth-order valence-corrected chi connectivity index (χ4v) is 5.93. The molecule has 0 saturated heterocycles. The van der Waals surface area contributed by atoms with Gasteiger partial charge in [0.25, 0.3) is 0 Å². The molecule has 0 fully saturated rings. The Morgan fingerprint density at radius 1 is 0.975 bits per heavy atom. The van der Waals surface area contributed by atoms with E-state index in [1.165, 1.54) is 23.9 Å². The molecule has 0 N–H and O–H groups in total. The van der Waals surface area contributed by atoms with Crippen molar-refractivity contribution in [3.63, 3.8) is 0 Å². The molecule has 204 valence electrons. The first-order valence-corrected chi connectivity index (χ1v) is 14.1. The number of halogens is 2. The summed E-state index contributed by atoms with van der Waals surface area (Å²) in [6.07, 6.45) is 1.80. The highest BCUT2D eigenvalue weighted by Crippen LogP contribution is 2.42. The van der Waals surface area contributed by atoms with Crippen LogP contribution in [0.1, 0.15) is 5.56 Å². The van der Waals surface area contributed by atoms with Crippen LogP contribution in [0.25, 0.3) is 33.5 Å². The van der Waals surface area contributed by atoms with Crippen LogP contribution in [0.5, 0.6) is 17.2 Å². The number of hydrogen-bond acceptors (Lipinski definition) is 7. The highest BCUT2D eigenvalue weighted by Gasteiger charge is 2.20. The van der Waals surface area contributed by atoms with Gasteiger partial charge in [0, 0.05) is 33.3 Å². The second kappa shape index (κ2) is 12.1. The molecule has 40 heavy (non-hydrogen) atoms. The number of allylic oxidation sites excluding steroid dienone is 1. The van der Waals surface area contributed by atoms with Crippen molar-refractivity contribution < 1.29 is 18.6 Å². The SMILES string of the molecule is C=CCn1c(SCc2cc(F)ccc2Br)nnc1-c1cc(-c2cc(OC)c(OC)c(OC)c2)nc2ccccc12. The molecule has 0 aliphatic carbocycles. The van der Waals surface area contributed by atoms with E-state index in [9.17, 15) is 4.39 Å². The van der Waals surface area contributed by atoms with E-state index in [0.29, 0.717) is 46.2 Å². The van der Waals surface area contributed by atoms with Crippen LogP contribution >= 0.6 is 27.7 Å². The summed E-state index contributed by atoms with van der Waals surface area (Å²) in [7, 11) is 4.74. The van der Waals surface area contributed by atoms with Crippen LogP contribution in [0.2, 0.25) is 0 Å². The summed E-state index contributed by atoms with van der Waals surface area (Å²) in [5.74, 6) is 2.48. The quantitative estimate of drug-likeness (QED) is 0.118. The highest BCUT2D eigenvalue weighted by atomic mass is 79.9. The number of methoxy groups -OCH3 is 3. The summed E-state index contributed by atoms with van der Waals surface area (Å²) in [4.78, 5) is 4.94. The van der Waals surface area contributed by atoms with E-state index >= 15 is 0 Å². The van der Waals surface area contributed by atoms with Crippen molar-refractivity contribution in [2.24, 2.45) is 0 Å². The van der Waals surface area contributed by atoms with Gasteiger partial charge in [-0.05, 0) is 48.0 Å². The third kappa shape index (κ3) is 5.41. The van der Waals surface area contributed by atoms with Crippen molar-refractivity contribution >= 4 is 38.6 Å². The molecule has 10 heteroatoms. The van der Waals surface area contributed by atoms with Crippen LogP contribution in [0.4, 0.5) is 4.39 Å². The van der Waals surface area contributed by atoms with E-state index in [1.807, 2.05) is 47.0 Å². The number of pyridine rings is 1. The zero-order valence-electron chi connectivity index (χ0n) is 22.1. The third-order valence-corrected chi connectivity index (χ3v) is 8.10. The normalized spacial score (nSPS) is 11.0. The second-order valence-corrected chi connectivity index (χ2v) is 10.5. The van der Waals surface area contributed by atoms with Gasteiger partial charge in [0.05, 0.1) is 32.5 Å². The summed E-state index contributed by atoms with van der Waals surface area (Å²) in [6, 6.07) is 18.3. The number of thioether (sulfide) groups is 1. The highest BCUT2D eigenvalue weighted by molar-refractivity contribution is 9.10. The first-order valence-electron chi connectivity index (χ1n) is 12.3. The van der Waals surface area contributed by atoms with Gasteiger partial charge in [-0.15, -0.1) is 16.8 Å². The molecular weight excluding hydrogens is 595 g/mol. The van der Waals surface area contributed by atoms with E-state index in [4.69, 9.17) is 19.2 Å². The summed E-state index contributed by atoms with van der Waals surface area (Å²) < 4.78 is 33.4. The van der Waals surface area contributed by atoms with Gasteiger partial charge in [0.1, 0.15) is 5.82 Å². The van der Waals surface area contributed by atoms with E-state index in [0.717, 1.165) is 32.1 Å². The third-order valence-electron chi connectivity index (χ3n) is 6.31. The van der Waals surface area contributed by atoms with E-state index in [1.54, 1.807) is 33.5 Å². The molecule has 2 aromatic heterocycles. The number of rotatable bonds is 10. The van der Waals surface area contributed by atoms with Crippen LogP contribution in [0.15, 0.2) is 82.9 Å². The Morgan fingerprint density at radius 3 is 2.42 bits per heavy atom. The molecule has 0 atom stereocenters. The van der Waals surface area contributed by atoms with Crippen molar-refractivity contribution in [1.29, 1.82) is 0 Å². The molecule has 3 aromatic carbocycles. The largest absolute Gasteiger partial charge is 0.493 e. The Morgan fingerprint density at radius 2 is 1.73 bits per heavy atom. The number of benzene rings is 3. The number of ether oxygens (including phenoxy) is 3. The Labute approximate surface area is 244 Å². The predicted molar refractivity (Wildman–Crippen MR) is 160 cm³/mol. The minimum Gasteiger partial charge on any atom is -0.493 e. The number of hydrogen-bond donors (Lipinski definition) is 0. The summed E-state index contributed by atoms with van der Waals surface area (Å²) in [5, 5.41) is 10.7. The number of fused-ring (bicyclic) bond motifs is 1. The second-order valence-electron chi connectivity index (χ2n) is 8.72. The zero-order valence-corrected chi connectivity index (χ0v) is 24.6. The average Bonchev–Trinajstić information content (AvgIpc) is 3.38. The van der Waals surface area contributed by atoms with Gasteiger partial charge in [-0.25, -0.2) is 9.37 Å². The summed E-state index contributed by atoms with van der Waals surface area (Å²) in [6.45, 7) is 4.43. The smallest absolute Gasteiger partial charge is 0.203 e. The van der Waals surface area contributed by atoms with Crippen LogP contribution in [0.3, 0.4) is 0 Å². The lowest BCUT2D eigenvalue weighted by Crippen LogP contribution is -2.02. The Bertz CT molecular complexity index is 1680. The number of para-hydroxylation sites is 1. The molecular formula is C30H26BrFN4O3S. The van der Waals surface area contributed by atoms with Gasteiger partial charge in [0.15, 0.2) is 22.5 Å². The van der Waals surface area contributed by atoms with Crippen LogP contribution in [-0.4, -0.2) is 41.1 Å². The molecule has 0 aliphatic rings. The Kier molecular flexibility index (Phi) is 8.37. The standard InChI is InChI=1S/C30H26BrFN4O3S/c1-5-12-36-29(34-35-30(36)40-17-19-13-20(32)10-11-23(19)31)22-16-25(33-24-9-7-6-8-21(22)24)18-14-26(37-2)28(39-4)27(15-18)38-3/h5-11,13-16H,1,12,17H2,2-4H3. The summed E-state index contributed by atoms with van der Waals surface area (Å²) >= 11 is 4.99. The predicted octanol–water partition coefficient (Wildman–Crippen LogP) is 7.57. The van der Waals surface area contributed by atoms with Gasteiger partial charge in [-0.1, -0.05) is 52.0 Å². The lowest BCUT2D eigenvalue weighted by molar-refractivity contribution is 0.324. The van der Waals surface area contributed by atoms with E-state index in [2.05, 4.69) is 32.7 Å². The molecule has 5 aromatic rings. The number of nitrogens with zero attached hydrogens (tertiary/aromatic N) is 4. The van der Waals surface area contributed by atoms with Gasteiger partial charge >= 0.3 is 0 Å². The van der Waals surface area contributed by atoms with E-state index in [-0.39, 0.29) is 5.82 Å². The topological polar surface area (TPSA) is 71.3 Å². The maximum Gasteiger partial charge on any atom is 0.203 e. The molecule has 7 nitrogen and oxygen atoms in total. The molecule has 0 saturated carbocycles. The average molecular weight is 622 g/mol. The number of aromatic nitrogens is 4. The molecule has 0 aliphatic heterocycles. The van der Waals surface area contributed by atoms with Crippen molar-refractivity contribution in [3.8, 4) is 39.9 Å². The Hall–Kier alpha value is -3.89. The summed E-state index contributed by atoms with van der Waals surface area (Å²) in [5.41, 5.74) is 4.00. The first kappa shape index (κ1) is 27.7. The van der Waals surface area contributed by atoms with Crippen LogP contribution in [0, 0.1) is 5.82 Å². The van der Waals surface area contributed by atoms with Gasteiger partial charge < -0.3 is 14.2 Å². The van der Waals surface area contributed by atoms with Crippen molar-refractivity contribution in [1.82, 2.24) is 19.7 Å². The van der Waals surface area contributed by atoms with Crippen LogP contribution < -0.4 is 14.2 Å². The van der Waals surface area contributed by atoms with Crippen molar-refractivity contribution in [3.05, 3.63) is 89.2 Å². The monoisotopic (exact) mass is 620 g/mol. The van der Waals surface area contributed by atoms with Crippen molar-refractivity contribution in [2.75, 3.05) is 21.3 Å². The molecule has 0 spiro atoms. The molecule has 2 heterocycles. The first-order chi connectivity index (χ1) is 19.5. The van der Waals surface area contributed by atoms with Gasteiger partial charge in [-0.2, -0.15) is 0 Å². The molecule has 0 bridgehead atoms. The minimum atomic E-state index is -0.283. The molecule has 0 radical (unpaired) electrons. The maximum absolute atomic E-state index is 13.9. The fourth-order valence-electron chi connectivity index (χ4n) is 4.42. The lowest BCUT2D eigenvalue weighted by atomic mass is 10.0. The Balaban J connectivity index is 1.63. The lowest BCUT2D eigenvalue weighted by Gasteiger charge is -2.15. The van der Waals surface area contributed by atoms with E-state index < -0.39 is 0 Å². The van der Waals surface area contributed by atoms with Gasteiger partial charge in [-0.3, -0.25) is 4.57 Å². The van der Waals surface area contributed by atoms with Crippen molar-refractivity contribution in [2.45, 2.75) is 17.5 Å². The molecule has 5 rings (SSSR count). The fraction of sp³-hybridized carbons (Fsp3) is 0.167. The maximum atomic E-state index is 13.9. The minimum absolute atomic E-state index is 0.283. The molecule has 0 unspecified atom stereocenters. The van der Waals surface area contributed by atoms with Gasteiger partial charge in [0.2, 0.25) is 5.75 Å². The molecule has 0 amide bonds. The zero-order chi connectivity index (χ0) is 28.2. The van der Waals surface area contributed by atoms with Crippen LogP contribution in [-0.2, 0) is 12.3 Å².